The van der Waals surface area contributed by atoms with Crippen molar-refractivity contribution in [3.8, 4) is 0 Å². The fraction of sp³-hybridized carbons (Fsp3) is 0.833. The predicted octanol–water partition coefficient (Wildman–Crippen LogP) is 0.815. The Morgan fingerprint density at radius 3 is 2.24 bits per heavy atom. The summed E-state index contributed by atoms with van der Waals surface area (Å²) < 4.78 is 62.7. The fourth-order valence-electron chi connectivity index (χ4n) is 4.16. The average molecular weight is 323 g/mol. The van der Waals surface area contributed by atoms with Crippen LogP contribution in [0.1, 0.15) is 32.1 Å². The highest BCUT2D eigenvalue weighted by atomic mass is 32.2. The van der Waals surface area contributed by atoms with Crippen molar-refractivity contribution in [2.45, 2.75) is 43.0 Å². The van der Waals surface area contributed by atoms with Crippen LogP contribution in [0.4, 0.5) is 8.78 Å². The molecule has 4 rings (SSSR count). The monoisotopic (exact) mass is 323 g/mol. The zero-order valence-corrected chi connectivity index (χ0v) is 11.7. The topological polar surface area (TPSA) is 101 Å². The number of ketones is 1. The number of rotatable bonds is 3. The number of Topliss-reactive ketones (excluding diaryl/α,β-unsaturated/α-hetero) is 1. The standard InChI is InChI=1S/C12H14F2O6S/c13-12(14,21(17,18)19)10(16)20-11-3-6-1-7(4-11)9(15)8(2-6)5-11/h6-8H,1-5H2,(H,17,18,19)/p-1/t6?,7-,8+,11?. The molecule has 21 heavy (non-hydrogen) atoms. The third-order valence-electron chi connectivity index (χ3n) is 4.80. The Hall–Kier alpha value is -1.09. The van der Waals surface area contributed by atoms with E-state index in [-0.39, 0.29) is 36.4 Å². The molecule has 4 aliphatic carbocycles. The van der Waals surface area contributed by atoms with Gasteiger partial charge in [-0.25, -0.2) is 13.2 Å². The first-order valence-electron chi connectivity index (χ1n) is 6.64. The predicted molar refractivity (Wildman–Crippen MR) is 62.0 cm³/mol. The van der Waals surface area contributed by atoms with E-state index in [4.69, 9.17) is 4.74 Å². The number of ether oxygens (including phenoxy) is 1. The van der Waals surface area contributed by atoms with Crippen LogP contribution in [0.25, 0.3) is 0 Å². The molecular weight excluding hydrogens is 310 g/mol. The van der Waals surface area contributed by atoms with E-state index in [1.807, 2.05) is 0 Å². The Morgan fingerprint density at radius 1 is 1.24 bits per heavy atom. The van der Waals surface area contributed by atoms with Gasteiger partial charge in [-0.1, -0.05) is 0 Å². The van der Waals surface area contributed by atoms with Gasteiger partial charge in [-0.05, 0) is 38.0 Å². The summed E-state index contributed by atoms with van der Waals surface area (Å²) in [7, 11) is -6.12. The van der Waals surface area contributed by atoms with Gasteiger partial charge >= 0.3 is 11.2 Å². The number of hydrogen-bond donors (Lipinski definition) is 0. The summed E-state index contributed by atoms with van der Waals surface area (Å²) in [6, 6.07) is 0. The molecule has 4 aliphatic rings. The molecule has 4 saturated carbocycles. The van der Waals surface area contributed by atoms with Gasteiger partial charge in [-0.2, -0.15) is 8.78 Å². The van der Waals surface area contributed by atoms with Crippen molar-refractivity contribution in [3.05, 3.63) is 0 Å². The lowest BCUT2D eigenvalue weighted by Gasteiger charge is -2.54. The van der Waals surface area contributed by atoms with Crippen molar-refractivity contribution in [3.63, 3.8) is 0 Å². The lowest BCUT2D eigenvalue weighted by atomic mass is 9.53. The SMILES string of the molecule is O=C1[C@@H]2CC3C[C@H]1CC(OC(=O)C(F)(F)S(=O)(=O)[O-])(C3)C2. The van der Waals surface area contributed by atoms with E-state index in [2.05, 4.69) is 0 Å². The highest BCUT2D eigenvalue weighted by Crippen LogP contribution is 2.55. The smallest absolute Gasteiger partial charge is 0.428 e. The van der Waals surface area contributed by atoms with E-state index in [0.29, 0.717) is 19.3 Å². The van der Waals surface area contributed by atoms with Gasteiger partial charge in [-0.3, -0.25) is 4.79 Å². The van der Waals surface area contributed by atoms with Crippen molar-refractivity contribution in [2.24, 2.45) is 17.8 Å². The van der Waals surface area contributed by atoms with Crippen LogP contribution < -0.4 is 0 Å². The van der Waals surface area contributed by atoms with Crippen molar-refractivity contribution < 1.29 is 36.1 Å². The van der Waals surface area contributed by atoms with Crippen LogP contribution in [0.2, 0.25) is 0 Å². The molecule has 0 aromatic carbocycles. The molecule has 0 spiro atoms. The zero-order chi connectivity index (χ0) is 15.6. The minimum Gasteiger partial charge on any atom is -0.743 e. The summed E-state index contributed by atoms with van der Waals surface area (Å²) in [5, 5.41) is -5.10. The molecule has 0 aromatic heterocycles. The van der Waals surface area contributed by atoms with Gasteiger partial charge in [0, 0.05) is 11.8 Å². The van der Waals surface area contributed by atoms with E-state index in [0.717, 1.165) is 0 Å². The van der Waals surface area contributed by atoms with Gasteiger partial charge in [0.1, 0.15) is 11.4 Å². The Bertz CT molecular complexity index is 595. The summed E-state index contributed by atoms with van der Waals surface area (Å²) in [6.45, 7) is 0. The van der Waals surface area contributed by atoms with E-state index < -0.39 is 26.9 Å². The highest BCUT2D eigenvalue weighted by molar-refractivity contribution is 7.87. The van der Waals surface area contributed by atoms with Crippen LogP contribution >= 0.6 is 0 Å². The molecular formula is C12H13F2O6S-. The molecule has 0 aromatic rings. The zero-order valence-electron chi connectivity index (χ0n) is 10.9. The number of carbonyl (C=O) groups is 2. The van der Waals surface area contributed by atoms with Crippen LogP contribution in [0.5, 0.6) is 0 Å². The van der Waals surface area contributed by atoms with Gasteiger partial charge in [0.2, 0.25) is 0 Å². The van der Waals surface area contributed by atoms with Crippen molar-refractivity contribution >= 4 is 21.9 Å². The first-order valence-corrected chi connectivity index (χ1v) is 8.05. The molecule has 4 atom stereocenters. The summed E-state index contributed by atoms with van der Waals surface area (Å²) in [6.07, 6.45) is 1.93. The van der Waals surface area contributed by atoms with Crippen LogP contribution in [0.3, 0.4) is 0 Å². The Kier molecular flexibility index (Phi) is 2.98. The molecule has 0 heterocycles. The summed E-state index contributed by atoms with van der Waals surface area (Å²) in [5.41, 5.74) is -1.23. The summed E-state index contributed by atoms with van der Waals surface area (Å²) in [4.78, 5) is 23.4. The number of alkyl halides is 2. The minimum absolute atomic E-state index is 0.0702. The second-order valence-corrected chi connectivity index (χ2v) is 7.71. The van der Waals surface area contributed by atoms with Crippen molar-refractivity contribution in [1.82, 2.24) is 0 Å². The number of esters is 1. The number of hydrogen-bond acceptors (Lipinski definition) is 6. The summed E-state index contributed by atoms with van der Waals surface area (Å²) in [5.74, 6) is -2.78. The largest absolute Gasteiger partial charge is 0.743 e. The van der Waals surface area contributed by atoms with Gasteiger partial charge in [0.05, 0.1) is 0 Å². The maximum atomic E-state index is 13.2. The average Bonchev–Trinajstić information content (AvgIpc) is 2.32. The molecule has 6 nitrogen and oxygen atoms in total. The third-order valence-corrected chi connectivity index (χ3v) is 5.59. The second-order valence-electron chi connectivity index (χ2n) is 6.29. The molecule has 4 bridgehead atoms. The quantitative estimate of drug-likeness (QED) is 0.563. The summed E-state index contributed by atoms with van der Waals surface area (Å²) >= 11 is 0. The van der Waals surface area contributed by atoms with Crippen LogP contribution in [-0.2, 0) is 24.4 Å². The molecule has 118 valence electrons. The Balaban J connectivity index is 1.83. The Morgan fingerprint density at radius 2 is 1.76 bits per heavy atom. The van der Waals surface area contributed by atoms with Crippen LogP contribution in [-0.4, -0.2) is 35.6 Å². The molecule has 0 amide bonds. The van der Waals surface area contributed by atoms with E-state index >= 15 is 0 Å². The molecule has 2 unspecified atom stereocenters. The molecule has 4 fully saturated rings. The van der Waals surface area contributed by atoms with Gasteiger partial charge in [0.25, 0.3) is 0 Å². The van der Waals surface area contributed by atoms with E-state index in [1.54, 1.807) is 0 Å². The van der Waals surface area contributed by atoms with Crippen LogP contribution in [0.15, 0.2) is 0 Å². The third kappa shape index (κ3) is 2.17. The number of halogens is 2. The fourth-order valence-corrected chi connectivity index (χ4v) is 4.40. The molecule has 0 aliphatic heterocycles. The van der Waals surface area contributed by atoms with E-state index in [1.165, 1.54) is 0 Å². The van der Waals surface area contributed by atoms with Gasteiger partial charge < -0.3 is 9.29 Å². The van der Waals surface area contributed by atoms with Crippen molar-refractivity contribution in [2.75, 3.05) is 0 Å². The lowest BCUT2D eigenvalue weighted by molar-refractivity contribution is -0.201. The maximum absolute atomic E-state index is 13.2. The van der Waals surface area contributed by atoms with Crippen molar-refractivity contribution in [1.29, 1.82) is 0 Å². The first kappa shape index (κ1) is 14.8. The molecule has 0 N–H and O–H groups in total. The minimum atomic E-state index is -6.12. The van der Waals surface area contributed by atoms with Gasteiger partial charge in [-0.15, -0.1) is 0 Å². The number of carbonyl (C=O) groups excluding carboxylic acids is 2. The van der Waals surface area contributed by atoms with Gasteiger partial charge in [0.15, 0.2) is 10.1 Å². The molecule has 0 saturated heterocycles. The molecule has 0 radical (unpaired) electrons. The van der Waals surface area contributed by atoms with E-state index in [9.17, 15) is 31.3 Å². The normalized spacial score (nSPS) is 38.6. The van der Waals surface area contributed by atoms with Crippen LogP contribution in [0, 0.1) is 17.8 Å². The lowest BCUT2D eigenvalue weighted by Crippen LogP contribution is -2.58. The Labute approximate surface area is 119 Å². The highest BCUT2D eigenvalue weighted by Gasteiger charge is 2.59. The maximum Gasteiger partial charge on any atom is 0.428 e. The molecule has 9 heteroatoms. The second kappa shape index (κ2) is 4.22. The first-order chi connectivity index (χ1) is 9.54.